The zero-order chi connectivity index (χ0) is 15.9. The smallest absolute Gasteiger partial charge is 0.122 e. The average molecular weight is 305 g/mol. The van der Waals surface area contributed by atoms with E-state index in [-0.39, 0.29) is 0 Å². The molecule has 1 aromatic carbocycles. The van der Waals surface area contributed by atoms with Crippen LogP contribution < -0.4 is 0 Å². The third-order valence-electron chi connectivity index (χ3n) is 4.03. The monoisotopic (exact) mass is 305 g/mol. The fourth-order valence-corrected chi connectivity index (χ4v) is 2.74. The van der Waals surface area contributed by atoms with Gasteiger partial charge in [0, 0.05) is 17.2 Å². The Morgan fingerprint density at radius 3 is 2.87 bits per heavy atom. The van der Waals surface area contributed by atoms with Crippen molar-refractivity contribution in [2.75, 3.05) is 6.61 Å². The normalized spacial score (nSPS) is 14.8. The van der Waals surface area contributed by atoms with Crippen LogP contribution in [0.25, 0.3) is 16.8 Å². The first kappa shape index (κ1) is 15.5. The predicted octanol–water partition coefficient (Wildman–Crippen LogP) is 5.67. The standard InChI is InChI=1S/C21H23NO/c1-2-3-16-23-21-11-7-5-9-18(21)12-13-20-19-10-6-4-8-17(19)14-15-22-20/h4,6,8-15H,2-3,5,7,16H2,1H3. The lowest BCUT2D eigenvalue weighted by molar-refractivity contribution is 0.214. The van der Waals surface area contributed by atoms with Crippen LogP contribution in [0.3, 0.4) is 0 Å². The Bertz CT molecular complexity index is 750. The molecule has 1 heterocycles. The van der Waals surface area contributed by atoms with Gasteiger partial charge in [0.25, 0.3) is 0 Å². The van der Waals surface area contributed by atoms with Crippen molar-refractivity contribution in [2.24, 2.45) is 0 Å². The van der Waals surface area contributed by atoms with Crippen LogP contribution in [0.1, 0.15) is 38.3 Å². The molecule has 23 heavy (non-hydrogen) atoms. The third kappa shape index (κ3) is 3.89. The maximum atomic E-state index is 5.93. The van der Waals surface area contributed by atoms with E-state index in [1.807, 2.05) is 12.3 Å². The van der Waals surface area contributed by atoms with Gasteiger partial charge < -0.3 is 4.74 Å². The fourth-order valence-electron chi connectivity index (χ4n) is 2.74. The van der Waals surface area contributed by atoms with Crippen molar-refractivity contribution in [2.45, 2.75) is 32.6 Å². The Labute approximate surface area is 138 Å². The molecular formula is C21H23NO. The number of ether oxygens (including phenoxy) is 1. The van der Waals surface area contributed by atoms with Crippen molar-refractivity contribution in [3.05, 3.63) is 71.8 Å². The molecule has 2 heteroatoms. The molecule has 118 valence electrons. The highest BCUT2D eigenvalue weighted by atomic mass is 16.5. The molecule has 0 saturated heterocycles. The van der Waals surface area contributed by atoms with E-state index in [1.54, 1.807) is 0 Å². The quantitative estimate of drug-likeness (QED) is 0.642. The van der Waals surface area contributed by atoms with Crippen molar-refractivity contribution in [1.82, 2.24) is 4.98 Å². The molecule has 0 unspecified atom stereocenters. The minimum atomic E-state index is 0.792. The molecule has 0 radical (unpaired) electrons. The highest BCUT2D eigenvalue weighted by Gasteiger charge is 2.08. The Morgan fingerprint density at radius 1 is 1.09 bits per heavy atom. The topological polar surface area (TPSA) is 22.1 Å². The predicted molar refractivity (Wildman–Crippen MR) is 97.0 cm³/mol. The minimum absolute atomic E-state index is 0.792. The van der Waals surface area contributed by atoms with Gasteiger partial charge in [-0.1, -0.05) is 43.7 Å². The van der Waals surface area contributed by atoms with Crippen LogP contribution in [0.2, 0.25) is 0 Å². The molecule has 2 aromatic rings. The van der Waals surface area contributed by atoms with E-state index in [2.05, 4.69) is 60.5 Å². The molecule has 3 rings (SSSR count). The van der Waals surface area contributed by atoms with Gasteiger partial charge in [-0.15, -0.1) is 0 Å². The fraction of sp³-hybridized carbons (Fsp3) is 0.286. The molecule has 1 aliphatic rings. The Balaban J connectivity index is 1.80. The first-order valence-electron chi connectivity index (χ1n) is 8.44. The number of rotatable bonds is 6. The van der Waals surface area contributed by atoms with Gasteiger partial charge in [-0.3, -0.25) is 4.98 Å². The molecule has 0 bridgehead atoms. The van der Waals surface area contributed by atoms with Crippen molar-refractivity contribution in [3.63, 3.8) is 0 Å². The Kier molecular flexibility index (Phi) is 5.25. The summed E-state index contributed by atoms with van der Waals surface area (Å²) in [4.78, 5) is 4.52. The van der Waals surface area contributed by atoms with Crippen LogP contribution in [0.15, 0.2) is 66.1 Å². The van der Waals surface area contributed by atoms with Crippen LogP contribution in [0.4, 0.5) is 0 Å². The van der Waals surface area contributed by atoms with E-state index in [4.69, 9.17) is 4.74 Å². The summed E-state index contributed by atoms with van der Waals surface area (Å²) in [5.74, 6) is 1.01. The van der Waals surface area contributed by atoms with Crippen LogP contribution >= 0.6 is 0 Å². The molecule has 0 saturated carbocycles. The van der Waals surface area contributed by atoms with Crippen LogP contribution in [-0.2, 0) is 4.74 Å². The summed E-state index contributed by atoms with van der Waals surface area (Å²) in [6.45, 7) is 2.97. The van der Waals surface area contributed by atoms with E-state index in [9.17, 15) is 0 Å². The summed E-state index contributed by atoms with van der Waals surface area (Å²) in [5.41, 5.74) is 2.17. The van der Waals surface area contributed by atoms with Gasteiger partial charge in [0.15, 0.2) is 0 Å². The maximum Gasteiger partial charge on any atom is 0.122 e. The molecule has 0 amide bonds. The van der Waals surface area contributed by atoms with Gasteiger partial charge in [0.05, 0.1) is 12.3 Å². The molecule has 0 spiro atoms. The average Bonchev–Trinajstić information content (AvgIpc) is 2.61. The maximum absolute atomic E-state index is 5.93. The SMILES string of the molecule is CCCCOC1=CCCC=C1C=Cc1nccc2ccccc12. The third-order valence-corrected chi connectivity index (χ3v) is 4.03. The van der Waals surface area contributed by atoms with Gasteiger partial charge >= 0.3 is 0 Å². The van der Waals surface area contributed by atoms with Gasteiger partial charge in [-0.2, -0.15) is 0 Å². The number of hydrogen-bond donors (Lipinski definition) is 0. The van der Waals surface area contributed by atoms with Gasteiger partial charge in [-0.25, -0.2) is 0 Å². The number of aromatic nitrogens is 1. The molecule has 0 aliphatic heterocycles. The summed E-state index contributed by atoms with van der Waals surface area (Å²) >= 11 is 0. The molecule has 0 N–H and O–H groups in total. The molecule has 0 atom stereocenters. The van der Waals surface area contributed by atoms with Gasteiger partial charge in [-0.05, 0) is 48.9 Å². The Morgan fingerprint density at radius 2 is 1.96 bits per heavy atom. The highest BCUT2D eigenvalue weighted by molar-refractivity contribution is 5.89. The summed E-state index contributed by atoms with van der Waals surface area (Å²) < 4.78 is 5.93. The van der Waals surface area contributed by atoms with Gasteiger partial charge in [0.1, 0.15) is 5.76 Å². The second kappa shape index (κ2) is 7.77. The number of pyridine rings is 1. The zero-order valence-corrected chi connectivity index (χ0v) is 13.7. The number of benzene rings is 1. The number of fused-ring (bicyclic) bond motifs is 1. The number of unbranched alkanes of at least 4 members (excludes halogenated alkanes) is 1. The second-order valence-electron chi connectivity index (χ2n) is 5.76. The first-order chi connectivity index (χ1) is 11.4. The van der Waals surface area contributed by atoms with E-state index < -0.39 is 0 Å². The van der Waals surface area contributed by atoms with E-state index >= 15 is 0 Å². The summed E-state index contributed by atoms with van der Waals surface area (Å²) in [7, 11) is 0. The lowest BCUT2D eigenvalue weighted by Crippen LogP contribution is -2.00. The van der Waals surface area contributed by atoms with E-state index in [1.165, 1.54) is 16.3 Å². The summed E-state index contributed by atoms with van der Waals surface area (Å²) in [6.07, 6.45) is 14.9. The number of allylic oxidation sites excluding steroid dienone is 3. The van der Waals surface area contributed by atoms with Crippen molar-refractivity contribution >= 4 is 16.8 Å². The molecule has 2 nitrogen and oxygen atoms in total. The molecule has 0 fully saturated rings. The summed E-state index contributed by atoms with van der Waals surface area (Å²) in [6, 6.07) is 10.4. The highest BCUT2D eigenvalue weighted by Crippen LogP contribution is 2.24. The number of hydrogen-bond acceptors (Lipinski definition) is 2. The van der Waals surface area contributed by atoms with Crippen LogP contribution in [-0.4, -0.2) is 11.6 Å². The minimum Gasteiger partial charge on any atom is -0.493 e. The van der Waals surface area contributed by atoms with Crippen molar-refractivity contribution < 1.29 is 4.74 Å². The van der Waals surface area contributed by atoms with Gasteiger partial charge in [0.2, 0.25) is 0 Å². The van der Waals surface area contributed by atoms with Crippen molar-refractivity contribution in [1.29, 1.82) is 0 Å². The zero-order valence-electron chi connectivity index (χ0n) is 13.7. The molecule has 1 aromatic heterocycles. The lowest BCUT2D eigenvalue weighted by Gasteiger charge is -2.15. The largest absolute Gasteiger partial charge is 0.493 e. The van der Waals surface area contributed by atoms with E-state index in [0.717, 1.165) is 43.7 Å². The van der Waals surface area contributed by atoms with Crippen LogP contribution in [0.5, 0.6) is 0 Å². The lowest BCUT2D eigenvalue weighted by atomic mass is 10.0. The summed E-state index contributed by atoms with van der Waals surface area (Å²) in [5, 5.41) is 2.40. The second-order valence-corrected chi connectivity index (χ2v) is 5.76. The Hall–Kier alpha value is -2.35. The van der Waals surface area contributed by atoms with Crippen molar-refractivity contribution in [3.8, 4) is 0 Å². The first-order valence-corrected chi connectivity index (χ1v) is 8.44. The number of nitrogens with zero attached hydrogens (tertiary/aromatic N) is 1. The van der Waals surface area contributed by atoms with E-state index in [0.29, 0.717) is 0 Å². The molecular weight excluding hydrogens is 282 g/mol. The molecule has 1 aliphatic carbocycles. The van der Waals surface area contributed by atoms with Crippen LogP contribution in [0, 0.1) is 0 Å².